The molecule has 1 aromatic rings. The molecule has 1 aromatic carbocycles. The third-order valence-electron chi connectivity index (χ3n) is 2.63. The fourth-order valence-electron chi connectivity index (χ4n) is 1.65. The fraction of sp³-hybridized carbons (Fsp3) is 0.538. The van der Waals surface area contributed by atoms with Gasteiger partial charge in [0, 0.05) is 5.02 Å². The van der Waals surface area contributed by atoms with Crippen molar-refractivity contribution >= 4 is 11.6 Å². The van der Waals surface area contributed by atoms with Crippen molar-refractivity contribution in [3.05, 3.63) is 34.1 Å². The van der Waals surface area contributed by atoms with Crippen LogP contribution in [0.4, 0.5) is 4.39 Å². The Morgan fingerprint density at radius 3 is 2.75 bits per heavy atom. The number of unbranched alkanes of at least 4 members (excludes halogenated alkanes) is 1. The van der Waals surface area contributed by atoms with Gasteiger partial charge < -0.3 is 5.32 Å². The summed E-state index contributed by atoms with van der Waals surface area (Å²) in [7, 11) is 0. The van der Waals surface area contributed by atoms with E-state index >= 15 is 0 Å². The molecule has 0 aliphatic heterocycles. The van der Waals surface area contributed by atoms with E-state index in [0.29, 0.717) is 10.6 Å². The summed E-state index contributed by atoms with van der Waals surface area (Å²) < 4.78 is 13.2. The molecule has 0 radical (unpaired) electrons. The summed E-state index contributed by atoms with van der Waals surface area (Å²) in [6, 6.07) is 3.27. The molecule has 0 bridgehead atoms. The zero-order chi connectivity index (χ0) is 12.0. The maximum Gasteiger partial charge on any atom is 0.127 e. The van der Waals surface area contributed by atoms with Gasteiger partial charge in [-0.3, -0.25) is 0 Å². The zero-order valence-electron chi connectivity index (χ0n) is 9.95. The lowest BCUT2D eigenvalue weighted by Crippen LogP contribution is -2.13. The van der Waals surface area contributed by atoms with Crippen LogP contribution in [0.15, 0.2) is 12.1 Å². The first-order valence-corrected chi connectivity index (χ1v) is 6.18. The van der Waals surface area contributed by atoms with Gasteiger partial charge >= 0.3 is 0 Å². The molecule has 0 unspecified atom stereocenters. The first-order chi connectivity index (χ1) is 7.65. The molecule has 0 atom stereocenters. The van der Waals surface area contributed by atoms with E-state index < -0.39 is 0 Å². The number of hydrogen-bond donors (Lipinski definition) is 1. The molecule has 16 heavy (non-hydrogen) atoms. The van der Waals surface area contributed by atoms with Crippen LogP contribution in [0.25, 0.3) is 0 Å². The lowest BCUT2D eigenvalue weighted by atomic mass is 10.1. The monoisotopic (exact) mass is 243 g/mol. The molecular formula is C13H19ClFN. The molecule has 0 aliphatic rings. The minimum atomic E-state index is -0.221. The Bertz CT molecular complexity index is 339. The standard InChI is InChI=1S/C13H19ClFN/c1-3-16-7-5-4-6-11-8-10(2)13(15)9-12(11)14/h8-9,16H,3-7H2,1-2H3. The molecule has 0 saturated heterocycles. The third kappa shape index (κ3) is 4.11. The van der Waals surface area contributed by atoms with Crippen molar-refractivity contribution < 1.29 is 4.39 Å². The van der Waals surface area contributed by atoms with Crippen molar-refractivity contribution in [1.29, 1.82) is 0 Å². The Balaban J connectivity index is 2.45. The van der Waals surface area contributed by atoms with E-state index in [-0.39, 0.29) is 5.82 Å². The zero-order valence-corrected chi connectivity index (χ0v) is 10.7. The highest BCUT2D eigenvalue weighted by molar-refractivity contribution is 6.31. The Hall–Kier alpha value is -0.600. The number of halogens is 2. The largest absolute Gasteiger partial charge is 0.317 e. The second kappa shape index (κ2) is 6.87. The molecule has 90 valence electrons. The van der Waals surface area contributed by atoms with Crippen LogP contribution in [0.3, 0.4) is 0 Å². The van der Waals surface area contributed by atoms with E-state index in [1.165, 1.54) is 6.07 Å². The normalized spacial score (nSPS) is 10.8. The second-order valence-corrected chi connectivity index (χ2v) is 4.41. The van der Waals surface area contributed by atoms with E-state index in [9.17, 15) is 4.39 Å². The Morgan fingerprint density at radius 2 is 2.06 bits per heavy atom. The molecule has 1 N–H and O–H groups in total. The maximum atomic E-state index is 13.2. The van der Waals surface area contributed by atoms with Crippen molar-refractivity contribution in [2.24, 2.45) is 0 Å². The Kier molecular flexibility index (Phi) is 5.78. The summed E-state index contributed by atoms with van der Waals surface area (Å²) in [4.78, 5) is 0. The first kappa shape index (κ1) is 13.5. The molecule has 0 heterocycles. The van der Waals surface area contributed by atoms with Gasteiger partial charge in [-0.25, -0.2) is 4.39 Å². The van der Waals surface area contributed by atoms with Crippen molar-refractivity contribution in [2.45, 2.75) is 33.1 Å². The number of rotatable bonds is 6. The average molecular weight is 244 g/mol. The molecule has 0 aromatic heterocycles. The van der Waals surface area contributed by atoms with Gasteiger partial charge in [-0.2, -0.15) is 0 Å². The minimum Gasteiger partial charge on any atom is -0.317 e. The van der Waals surface area contributed by atoms with E-state index in [2.05, 4.69) is 12.2 Å². The highest BCUT2D eigenvalue weighted by Gasteiger charge is 2.05. The predicted molar refractivity (Wildman–Crippen MR) is 67.6 cm³/mol. The van der Waals surface area contributed by atoms with Gasteiger partial charge in [0.2, 0.25) is 0 Å². The summed E-state index contributed by atoms with van der Waals surface area (Å²) in [5, 5.41) is 3.82. The SMILES string of the molecule is CCNCCCCc1cc(C)c(F)cc1Cl. The van der Waals surface area contributed by atoms with E-state index in [0.717, 1.165) is 37.9 Å². The van der Waals surface area contributed by atoms with Gasteiger partial charge in [0.15, 0.2) is 0 Å². The van der Waals surface area contributed by atoms with Crippen LogP contribution in [0.2, 0.25) is 5.02 Å². The van der Waals surface area contributed by atoms with Crippen LogP contribution in [0.1, 0.15) is 30.9 Å². The molecule has 0 aliphatic carbocycles. The lowest BCUT2D eigenvalue weighted by molar-refractivity contribution is 0.615. The molecule has 3 heteroatoms. The summed E-state index contributed by atoms with van der Waals surface area (Å²) in [6.45, 7) is 5.92. The Labute approximate surface area is 102 Å². The smallest absolute Gasteiger partial charge is 0.127 e. The van der Waals surface area contributed by atoms with E-state index in [1.807, 2.05) is 6.07 Å². The molecule has 0 spiro atoms. The van der Waals surface area contributed by atoms with Gasteiger partial charge in [-0.15, -0.1) is 0 Å². The quantitative estimate of drug-likeness (QED) is 0.751. The average Bonchev–Trinajstić information content (AvgIpc) is 2.25. The molecule has 1 nitrogen and oxygen atoms in total. The summed E-state index contributed by atoms with van der Waals surface area (Å²) in [5.74, 6) is -0.221. The number of hydrogen-bond acceptors (Lipinski definition) is 1. The maximum absolute atomic E-state index is 13.2. The van der Waals surface area contributed by atoms with Crippen LogP contribution >= 0.6 is 11.6 Å². The molecule has 0 amide bonds. The van der Waals surface area contributed by atoms with Gasteiger partial charge in [0.1, 0.15) is 5.82 Å². The van der Waals surface area contributed by atoms with Crippen LogP contribution in [0.5, 0.6) is 0 Å². The second-order valence-electron chi connectivity index (χ2n) is 4.00. The van der Waals surface area contributed by atoms with Gasteiger partial charge in [0.25, 0.3) is 0 Å². The topological polar surface area (TPSA) is 12.0 Å². The van der Waals surface area contributed by atoms with Crippen LogP contribution in [-0.4, -0.2) is 13.1 Å². The molecule has 1 rings (SSSR count). The number of aryl methyl sites for hydroxylation is 2. The van der Waals surface area contributed by atoms with Crippen molar-refractivity contribution in [3.63, 3.8) is 0 Å². The van der Waals surface area contributed by atoms with Gasteiger partial charge in [-0.1, -0.05) is 24.6 Å². The van der Waals surface area contributed by atoms with E-state index in [1.54, 1.807) is 6.92 Å². The van der Waals surface area contributed by atoms with Crippen LogP contribution in [-0.2, 0) is 6.42 Å². The molecule has 0 fully saturated rings. The molecular weight excluding hydrogens is 225 g/mol. The summed E-state index contributed by atoms with van der Waals surface area (Å²) in [5.41, 5.74) is 1.73. The van der Waals surface area contributed by atoms with Crippen molar-refractivity contribution in [2.75, 3.05) is 13.1 Å². The Morgan fingerprint density at radius 1 is 1.31 bits per heavy atom. The van der Waals surface area contributed by atoms with Gasteiger partial charge in [0.05, 0.1) is 0 Å². The summed E-state index contributed by atoms with van der Waals surface area (Å²) >= 11 is 5.99. The van der Waals surface area contributed by atoms with Crippen molar-refractivity contribution in [1.82, 2.24) is 5.32 Å². The first-order valence-electron chi connectivity index (χ1n) is 5.80. The lowest BCUT2D eigenvalue weighted by Gasteiger charge is -2.07. The van der Waals surface area contributed by atoms with E-state index in [4.69, 9.17) is 11.6 Å². The highest BCUT2D eigenvalue weighted by Crippen LogP contribution is 2.21. The molecule has 0 saturated carbocycles. The highest BCUT2D eigenvalue weighted by atomic mass is 35.5. The van der Waals surface area contributed by atoms with Crippen LogP contribution in [0, 0.1) is 12.7 Å². The van der Waals surface area contributed by atoms with Crippen molar-refractivity contribution in [3.8, 4) is 0 Å². The van der Waals surface area contributed by atoms with Gasteiger partial charge in [-0.05, 0) is 56.5 Å². The third-order valence-corrected chi connectivity index (χ3v) is 2.98. The summed E-state index contributed by atoms with van der Waals surface area (Å²) in [6.07, 6.45) is 3.13. The number of nitrogens with one attached hydrogen (secondary N) is 1. The van der Waals surface area contributed by atoms with Crippen LogP contribution < -0.4 is 5.32 Å². The minimum absolute atomic E-state index is 0.221. The fourth-order valence-corrected chi connectivity index (χ4v) is 1.90. The number of benzene rings is 1. The predicted octanol–water partition coefficient (Wildman–Crippen LogP) is 3.72.